The summed E-state index contributed by atoms with van der Waals surface area (Å²) in [6, 6.07) is 9.72. The van der Waals surface area contributed by atoms with Crippen molar-refractivity contribution in [3.8, 4) is 6.07 Å². The minimum Gasteiger partial charge on any atom is -0.324 e. The smallest absolute Gasteiger partial charge is 0.248 e. The standard InChI is InChI=1S/C18H16N6OS/c1-2-18(10-19)6-8-24(16(18)25)15-5-7-20-17(23-15)22-12-3-4-13-14(9-12)26-11-21-13/h3-5,7,9,11H,2,6,8H2,1H3,(H,20,22,23). The first kappa shape index (κ1) is 16.4. The van der Waals surface area contributed by atoms with E-state index in [-0.39, 0.29) is 5.91 Å². The maximum absolute atomic E-state index is 12.7. The van der Waals surface area contributed by atoms with Crippen LogP contribution >= 0.6 is 11.3 Å². The summed E-state index contributed by atoms with van der Waals surface area (Å²) in [6.45, 7) is 2.36. The third kappa shape index (κ3) is 2.66. The number of rotatable bonds is 4. The predicted octanol–water partition coefficient (Wildman–Crippen LogP) is 3.49. The van der Waals surface area contributed by atoms with Crippen molar-refractivity contribution in [1.29, 1.82) is 5.26 Å². The highest BCUT2D eigenvalue weighted by molar-refractivity contribution is 7.16. The molecule has 2 aromatic heterocycles. The second-order valence-corrected chi connectivity index (χ2v) is 7.04. The molecule has 3 heterocycles. The minimum absolute atomic E-state index is 0.182. The fourth-order valence-electron chi connectivity index (χ4n) is 3.12. The molecule has 0 spiro atoms. The Kier molecular flexibility index (Phi) is 4.01. The number of carbonyl (C=O) groups excluding carboxylic acids is 1. The lowest BCUT2D eigenvalue weighted by Gasteiger charge is -2.19. The van der Waals surface area contributed by atoms with Crippen LogP contribution in [0.25, 0.3) is 10.2 Å². The van der Waals surface area contributed by atoms with Crippen LogP contribution in [0.15, 0.2) is 36.0 Å². The quantitative estimate of drug-likeness (QED) is 0.761. The first-order valence-corrected chi connectivity index (χ1v) is 9.20. The van der Waals surface area contributed by atoms with E-state index in [1.165, 1.54) is 0 Å². The third-order valence-corrected chi connectivity index (χ3v) is 5.53. The molecule has 8 heteroatoms. The van der Waals surface area contributed by atoms with Crippen LogP contribution in [0.5, 0.6) is 0 Å². The Hall–Kier alpha value is -3.05. The Morgan fingerprint density at radius 2 is 2.27 bits per heavy atom. The number of nitrogens with zero attached hydrogens (tertiary/aromatic N) is 5. The van der Waals surface area contributed by atoms with Crippen LogP contribution in [0, 0.1) is 16.7 Å². The lowest BCUT2D eigenvalue weighted by Crippen LogP contribution is -2.33. The fraction of sp³-hybridized carbons (Fsp3) is 0.278. The molecular formula is C18H16N6OS. The molecule has 26 heavy (non-hydrogen) atoms. The zero-order valence-corrected chi connectivity index (χ0v) is 15.0. The number of fused-ring (bicyclic) bond motifs is 1. The topological polar surface area (TPSA) is 94.8 Å². The van der Waals surface area contributed by atoms with Gasteiger partial charge in [0.15, 0.2) is 0 Å². The summed E-state index contributed by atoms with van der Waals surface area (Å²) < 4.78 is 1.07. The molecule has 1 aromatic carbocycles. The number of aromatic nitrogens is 3. The van der Waals surface area contributed by atoms with Gasteiger partial charge in [-0.25, -0.2) is 9.97 Å². The highest BCUT2D eigenvalue weighted by Gasteiger charge is 2.46. The van der Waals surface area contributed by atoms with E-state index in [2.05, 4.69) is 26.3 Å². The summed E-state index contributed by atoms with van der Waals surface area (Å²) in [4.78, 5) is 27.2. The van der Waals surface area contributed by atoms with Crippen molar-refractivity contribution in [1.82, 2.24) is 15.0 Å². The van der Waals surface area contributed by atoms with E-state index in [1.54, 1.807) is 34.0 Å². The second-order valence-electron chi connectivity index (χ2n) is 6.15. The number of nitriles is 1. The van der Waals surface area contributed by atoms with Gasteiger partial charge in [0.2, 0.25) is 11.9 Å². The molecule has 7 nitrogen and oxygen atoms in total. The molecule has 1 fully saturated rings. The number of hydrogen-bond donors (Lipinski definition) is 1. The zero-order valence-electron chi connectivity index (χ0n) is 14.1. The van der Waals surface area contributed by atoms with Crippen LogP contribution in [0.4, 0.5) is 17.5 Å². The summed E-state index contributed by atoms with van der Waals surface area (Å²) in [5.74, 6) is 0.736. The van der Waals surface area contributed by atoms with Gasteiger partial charge >= 0.3 is 0 Å². The van der Waals surface area contributed by atoms with Crippen molar-refractivity contribution < 1.29 is 4.79 Å². The highest BCUT2D eigenvalue weighted by Crippen LogP contribution is 2.36. The van der Waals surface area contributed by atoms with Gasteiger partial charge in [0.25, 0.3) is 0 Å². The van der Waals surface area contributed by atoms with Crippen LogP contribution in [0.2, 0.25) is 0 Å². The van der Waals surface area contributed by atoms with Gasteiger partial charge in [-0.2, -0.15) is 10.2 Å². The number of nitrogens with one attached hydrogen (secondary N) is 1. The lowest BCUT2D eigenvalue weighted by atomic mass is 9.85. The molecule has 0 aliphatic carbocycles. The molecule has 1 aliphatic heterocycles. The van der Waals surface area contributed by atoms with E-state index in [0.29, 0.717) is 31.2 Å². The Morgan fingerprint density at radius 1 is 1.38 bits per heavy atom. The van der Waals surface area contributed by atoms with Gasteiger partial charge in [0.05, 0.1) is 21.8 Å². The van der Waals surface area contributed by atoms with Crippen molar-refractivity contribution in [2.24, 2.45) is 5.41 Å². The van der Waals surface area contributed by atoms with Crippen LogP contribution in [-0.2, 0) is 4.79 Å². The monoisotopic (exact) mass is 364 g/mol. The highest BCUT2D eigenvalue weighted by atomic mass is 32.1. The van der Waals surface area contributed by atoms with Gasteiger partial charge < -0.3 is 5.32 Å². The summed E-state index contributed by atoms with van der Waals surface area (Å²) in [6.07, 6.45) is 2.64. The van der Waals surface area contributed by atoms with Gasteiger partial charge in [0, 0.05) is 18.4 Å². The van der Waals surface area contributed by atoms with Crippen LogP contribution in [0.1, 0.15) is 19.8 Å². The number of hydrogen-bond acceptors (Lipinski definition) is 7. The minimum atomic E-state index is -0.935. The number of carbonyl (C=O) groups is 1. The van der Waals surface area contributed by atoms with E-state index >= 15 is 0 Å². The SMILES string of the molecule is CCC1(C#N)CCN(c2ccnc(Nc3ccc4ncsc4c3)n2)C1=O. The Balaban J connectivity index is 1.59. The van der Waals surface area contributed by atoms with Crippen LogP contribution in [0.3, 0.4) is 0 Å². The summed E-state index contributed by atoms with van der Waals surface area (Å²) >= 11 is 1.57. The molecule has 1 aliphatic rings. The van der Waals surface area contributed by atoms with E-state index in [9.17, 15) is 10.1 Å². The normalized spacial score (nSPS) is 19.7. The molecule has 0 radical (unpaired) electrons. The Bertz CT molecular complexity index is 1030. The number of benzene rings is 1. The van der Waals surface area contributed by atoms with E-state index in [4.69, 9.17) is 0 Å². The molecule has 1 saturated heterocycles. The van der Waals surface area contributed by atoms with Crippen LogP contribution in [-0.4, -0.2) is 27.4 Å². The van der Waals surface area contributed by atoms with E-state index in [1.807, 2.05) is 25.1 Å². The molecule has 4 rings (SSSR count). The largest absolute Gasteiger partial charge is 0.324 e. The zero-order chi connectivity index (χ0) is 18.1. The Morgan fingerprint density at radius 3 is 3.04 bits per heavy atom. The van der Waals surface area contributed by atoms with Gasteiger partial charge in [-0.05, 0) is 37.1 Å². The third-order valence-electron chi connectivity index (χ3n) is 4.74. The average Bonchev–Trinajstić information content (AvgIpc) is 3.26. The molecule has 3 aromatic rings. The molecule has 1 amide bonds. The first-order chi connectivity index (χ1) is 12.6. The molecule has 1 unspecified atom stereocenters. The molecule has 1 N–H and O–H groups in total. The lowest BCUT2D eigenvalue weighted by molar-refractivity contribution is -0.123. The van der Waals surface area contributed by atoms with Crippen molar-refractivity contribution >= 4 is 44.9 Å². The number of thiazole rings is 1. The average molecular weight is 364 g/mol. The molecule has 0 saturated carbocycles. The molecular weight excluding hydrogens is 348 g/mol. The fourth-order valence-corrected chi connectivity index (χ4v) is 3.84. The van der Waals surface area contributed by atoms with E-state index in [0.717, 1.165) is 15.9 Å². The molecule has 130 valence electrons. The maximum atomic E-state index is 12.7. The van der Waals surface area contributed by atoms with Gasteiger partial charge in [-0.3, -0.25) is 9.69 Å². The van der Waals surface area contributed by atoms with Crippen molar-refractivity contribution in [3.05, 3.63) is 36.0 Å². The predicted molar refractivity (Wildman–Crippen MR) is 100 cm³/mol. The van der Waals surface area contributed by atoms with Crippen molar-refractivity contribution in [2.45, 2.75) is 19.8 Å². The summed E-state index contributed by atoms with van der Waals surface area (Å²) in [7, 11) is 0. The number of amides is 1. The van der Waals surface area contributed by atoms with Crippen LogP contribution < -0.4 is 10.2 Å². The second kappa shape index (κ2) is 6.35. The number of anilines is 3. The van der Waals surface area contributed by atoms with Crippen molar-refractivity contribution in [2.75, 3.05) is 16.8 Å². The molecule has 1 atom stereocenters. The van der Waals surface area contributed by atoms with Crippen molar-refractivity contribution in [3.63, 3.8) is 0 Å². The van der Waals surface area contributed by atoms with Gasteiger partial charge in [-0.15, -0.1) is 11.3 Å². The summed E-state index contributed by atoms with van der Waals surface area (Å²) in [5, 5.41) is 12.6. The van der Waals surface area contributed by atoms with Gasteiger partial charge in [-0.1, -0.05) is 6.92 Å². The van der Waals surface area contributed by atoms with Gasteiger partial charge in [0.1, 0.15) is 11.2 Å². The molecule has 0 bridgehead atoms. The first-order valence-electron chi connectivity index (χ1n) is 8.32. The van der Waals surface area contributed by atoms with E-state index < -0.39 is 5.41 Å². The summed E-state index contributed by atoms with van der Waals surface area (Å²) in [5.41, 5.74) is 2.67. The maximum Gasteiger partial charge on any atom is 0.248 e. The Labute approximate surface area is 154 Å².